The van der Waals surface area contributed by atoms with Crippen molar-refractivity contribution < 1.29 is 22.7 Å². The number of ether oxygens (including phenoxy) is 2. The topological polar surface area (TPSA) is 76.2 Å². The zero-order valence-corrected chi connectivity index (χ0v) is 25.0. The molecule has 3 rings (SSSR count). The second kappa shape index (κ2) is 13.7. The van der Waals surface area contributed by atoms with Crippen molar-refractivity contribution in [2.45, 2.75) is 44.2 Å². The van der Waals surface area contributed by atoms with Gasteiger partial charge in [0.05, 0.1) is 32.3 Å². The summed E-state index contributed by atoms with van der Waals surface area (Å²) in [5.74, 6) is 0.923. The molecule has 1 aromatic heterocycles. The number of thiophene rings is 1. The highest BCUT2D eigenvalue weighted by atomic mass is 35.5. The Balaban J connectivity index is 1.88. The summed E-state index contributed by atoms with van der Waals surface area (Å²) in [6.07, 6.45) is 1.06. The second-order valence-electron chi connectivity index (χ2n) is 8.72. The fourth-order valence-corrected chi connectivity index (χ4v) is 7.01. The monoisotopic (exact) mass is 598 g/mol. The molecule has 1 heterocycles. The lowest BCUT2D eigenvalue weighted by Gasteiger charge is -2.30. The molecule has 0 bridgehead atoms. The fourth-order valence-electron chi connectivity index (χ4n) is 3.90. The maximum Gasteiger partial charge on any atom is 0.245 e. The van der Waals surface area contributed by atoms with E-state index in [9.17, 15) is 13.2 Å². The molecule has 7 nitrogen and oxygen atoms in total. The highest BCUT2D eigenvalue weighted by Gasteiger charge is 2.33. The van der Waals surface area contributed by atoms with Gasteiger partial charge in [-0.05, 0) is 67.1 Å². The van der Waals surface area contributed by atoms with Crippen LogP contribution in [0.25, 0.3) is 0 Å². The number of hydrogen-bond donors (Lipinski definition) is 0. The van der Waals surface area contributed by atoms with E-state index in [1.165, 1.54) is 22.5 Å². The number of sulfonamides is 1. The molecule has 0 radical (unpaired) electrons. The average molecular weight is 600 g/mol. The van der Waals surface area contributed by atoms with Crippen LogP contribution in [0.15, 0.2) is 58.8 Å². The Hall–Kier alpha value is -2.30. The van der Waals surface area contributed by atoms with Gasteiger partial charge in [-0.25, -0.2) is 8.42 Å². The van der Waals surface area contributed by atoms with Crippen LogP contribution in [0.3, 0.4) is 0 Å². The predicted molar refractivity (Wildman–Crippen MR) is 153 cm³/mol. The molecule has 0 aliphatic heterocycles. The smallest absolute Gasteiger partial charge is 0.245 e. The van der Waals surface area contributed by atoms with Crippen molar-refractivity contribution >= 4 is 50.5 Å². The number of amides is 1. The van der Waals surface area contributed by atoms with Gasteiger partial charge in [0, 0.05) is 22.5 Å². The molecule has 0 fully saturated rings. The quantitative estimate of drug-likeness (QED) is 0.236. The highest BCUT2D eigenvalue weighted by molar-refractivity contribution is 7.89. The Labute approximate surface area is 238 Å². The predicted octanol–water partition coefficient (Wildman–Crippen LogP) is 6.13. The molecule has 1 atom stereocenters. The number of methoxy groups -OCH3 is 2. The van der Waals surface area contributed by atoms with Gasteiger partial charge in [0.15, 0.2) is 11.5 Å². The minimum atomic E-state index is -4.10. The lowest BCUT2D eigenvalue weighted by Crippen LogP contribution is -2.46. The van der Waals surface area contributed by atoms with Crippen molar-refractivity contribution in [3.8, 4) is 11.5 Å². The van der Waals surface area contributed by atoms with Gasteiger partial charge in [-0.2, -0.15) is 4.31 Å². The van der Waals surface area contributed by atoms with Crippen LogP contribution in [0.4, 0.5) is 0 Å². The van der Waals surface area contributed by atoms with Crippen molar-refractivity contribution in [1.82, 2.24) is 9.21 Å². The first kappa shape index (κ1) is 30.2. The minimum Gasteiger partial charge on any atom is -0.493 e. The molecule has 206 valence electrons. The summed E-state index contributed by atoms with van der Waals surface area (Å²) < 4.78 is 39.3. The number of hydrogen-bond acceptors (Lipinski definition) is 6. The van der Waals surface area contributed by atoms with Gasteiger partial charge in [0.2, 0.25) is 15.9 Å². The lowest BCUT2D eigenvalue weighted by molar-refractivity contribution is -0.132. The van der Waals surface area contributed by atoms with E-state index in [2.05, 4.69) is 0 Å². The zero-order valence-electron chi connectivity index (χ0n) is 21.8. The molecule has 0 saturated heterocycles. The van der Waals surface area contributed by atoms with E-state index >= 15 is 0 Å². The van der Waals surface area contributed by atoms with Gasteiger partial charge in [-0.3, -0.25) is 4.79 Å². The molecule has 11 heteroatoms. The van der Waals surface area contributed by atoms with Crippen molar-refractivity contribution in [3.05, 3.63) is 74.4 Å². The van der Waals surface area contributed by atoms with Crippen molar-refractivity contribution in [2.75, 3.05) is 27.3 Å². The van der Waals surface area contributed by atoms with Crippen LogP contribution in [0, 0.1) is 0 Å². The van der Waals surface area contributed by atoms with Gasteiger partial charge < -0.3 is 14.4 Å². The first-order valence-corrected chi connectivity index (χ1v) is 15.2. The number of nitrogens with zero attached hydrogens (tertiary/aromatic N) is 2. The number of carbonyl (C=O) groups excluding carboxylic acids is 1. The SMILES string of the molecule is CCC(C)N(CC(=O)N(CCc1ccc(OC)c(OC)c1)Cc1cccs1)S(=O)(=O)c1cc(Cl)ccc1Cl. The summed E-state index contributed by atoms with van der Waals surface area (Å²) in [5, 5.41) is 2.25. The van der Waals surface area contributed by atoms with Crippen LogP contribution in [0.2, 0.25) is 10.0 Å². The van der Waals surface area contributed by atoms with E-state index < -0.39 is 16.1 Å². The van der Waals surface area contributed by atoms with E-state index in [0.29, 0.717) is 37.4 Å². The summed E-state index contributed by atoms with van der Waals surface area (Å²) in [6.45, 7) is 4.08. The Morgan fingerprint density at radius 1 is 1.05 bits per heavy atom. The molecule has 2 aromatic carbocycles. The molecule has 0 aliphatic rings. The van der Waals surface area contributed by atoms with Gasteiger partial charge >= 0.3 is 0 Å². The van der Waals surface area contributed by atoms with E-state index in [-0.39, 0.29) is 27.4 Å². The summed E-state index contributed by atoms with van der Waals surface area (Å²) >= 11 is 13.9. The van der Waals surface area contributed by atoms with Crippen molar-refractivity contribution in [3.63, 3.8) is 0 Å². The van der Waals surface area contributed by atoms with Crippen LogP contribution in [-0.2, 0) is 27.8 Å². The maximum absolute atomic E-state index is 13.7. The van der Waals surface area contributed by atoms with Crippen LogP contribution >= 0.6 is 34.5 Å². The van der Waals surface area contributed by atoms with Gasteiger partial charge in [0.25, 0.3) is 0 Å². The fraction of sp³-hybridized carbons (Fsp3) is 0.370. The molecular weight excluding hydrogens is 567 g/mol. The Morgan fingerprint density at radius 3 is 2.42 bits per heavy atom. The number of benzene rings is 2. The van der Waals surface area contributed by atoms with E-state index in [0.717, 1.165) is 10.4 Å². The van der Waals surface area contributed by atoms with Crippen LogP contribution in [0.1, 0.15) is 30.7 Å². The first-order chi connectivity index (χ1) is 18.1. The lowest BCUT2D eigenvalue weighted by atomic mass is 10.1. The summed E-state index contributed by atoms with van der Waals surface area (Å²) in [4.78, 5) is 16.3. The molecule has 1 unspecified atom stereocenters. The largest absolute Gasteiger partial charge is 0.493 e. The molecule has 1 amide bonds. The van der Waals surface area contributed by atoms with Crippen LogP contribution in [0.5, 0.6) is 11.5 Å². The third kappa shape index (κ3) is 7.42. The van der Waals surface area contributed by atoms with Gasteiger partial charge in [-0.1, -0.05) is 42.3 Å². The van der Waals surface area contributed by atoms with Crippen molar-refractivity contribution in [1.29, 1.82) is 0 Å². The summed E-state index contributed by atoms with van der Waals surface area (Å²) in [7, 11) is -0.949. The molecule has 38 heavy (non-hydrogen) atoms. The molecule has 0 N–H and O–H groups in total. The molecule has 3 aromatic rings. The molecule has 0 aliphatic carbocycles. The Bertz CT molecular complexity index is 1330. The van der Waals surface area contributed by atoms with Crippen LogP contribution < -0.4 is 9.47 Å². The Kier molecular flexibility index (Phi) is 10.9. The summed E-state index contributed by atoms with van der Waals surface area (Å²) in [5.41, 5.74) is 0.962. The molecular formula is C27H32Cl2N2O5S2. The van der Waals surface area contributed by atoms with Gasteiger partial charge in [-0.15, -0.1) is 11.3 Å². The van der Waals surface area contributed by atoms with Crippen LogP contribution in [-0.4, -0.2) is 56.9 Å². The average Bonchev–Trinajstić information content (AvgIpc) is 3.43. The minimum absolute atomic E-state index is 0.0547. The first-order valence-electron chi connectivity index (χ1n) is 12.1. The normalized spacial score (nSPS) is 12.4. The van der Waals surface area contributed by atoms with Crippen molar-refractivity contribution in [2.24, 2.45) is 0 Å². The highest BCUT2D eigenvalue weighted by Crippen LogP contribution is 2.30. The van der Waals surface area contributed by atoms with E-state index in [4.69, 9.17) is 32.7 Å². The third-order valence-electron chi connectivity index (χ3n) is 6.25. The zero-order chi connectivity index (χ0) is 27.9. The standard InChI is InChI=1S/C27H32Cl2N2O5S2/c1-5-19(2)31(38(33,34)26-16-21(28)9-10-23(26)29)18-27(32)30(17-22-7-6-14-37-22)13-12-20-8-11-24(35-3)25(15-20)36-4/h6-11,14-16,19H,5,12-13,17-18H2,1-4H3. The maximum atomic E-state index is 13.7. The number of rotatable bonds is 13. The van der Waals surface area contributed by atoms with Gasteiger partial charge in [0.1, 0.15) is 4.90 Å². The number of carbonyl (C=O) groups is 1. The van der Waals surface area contributed by atoms with E-state index in [1.54, 1.807) is 37.4 Å². The third-order valence-corrected chi connectivity index (χ3v) is 9.79. The number of halogens is 2. The molecule has 0 spiro atoms. The Morgan fingerprint density at radius 2 is 1.79 bits per heavy atom. The summed E-state index contributed by atoms with van der Waals surface area (Å²) in [6, 6.07) is 13.4. The van der Waals surface area contributed by atoms with E-state index in [1.807, 2.05) is 42.6 Å². The second-order valence-corrected chi connectivity index (χ2v) is 12.5. The molecule has 0 saturated carbocycles.